The third-order valence-electron chi connectivity index (χ3n) is 5.94. The average Bonchev–Trinajstić information content (AvgIpc) is 3.24. The minimum atomic E-state index is -0.00756. The Balaban J connectivity index is 1.64. The molecular weight excluding hydrogens is 446 g/mol. The molecule has 144 valence electrons. The molecule has 5 rings (SSSR count). The smallest absolute Gasteiger partial charge is 0.195 e. The molecule has 0 aromatic heterocycles. The Hall–Kier alpha value is -2.36. The van der Waals surface area contributed by atoms with Crippen LogP contribution in [0.2, 0.25) is 5.02 Å². The fourth-order valence-electron chi connectivity index (χ4n) is 4.59. The first-order valence-corrected chi connectivity index (χ1v) is 10.9. The van der Waals surface area contributed by atoms with Crippen LogP contribution in [0, 0.1) is 5.92 Å². The van der Waals surface area contributed by atoms with Crippen molar-refractivity contribution in [2.75, 3.05) is 5.32 Å². The third kappa shape index (κ3) is 3.33. The molecule has 0 saturated heterocycles. The van der Waals surface area contributed by atoms with Gasteiger partial charge in [0.2, 0.25) is 0 Å². The number of ketones is 1. The van der Waals surface area contributed by atoms with Crippen molar-refractivity contribution >= 4 is 39.0 Å². The molecule has 2 aliphatic rings. The van der Waals surface area contributed by atoms with Gasteiger partial charge in [-0.2, -0.15) is 0 Å². The highest BCUT2D eigenvalue weighted by Crippen LogP contribution is 2.51. The van der Waals surface area contributed by atoms with Crippen LogP contribution >= 0.6 is 27.5 Å². The summed E-state index contributed by atoms with van der Waals surface area (Å²) < 4.78 is 1.06. The number of nitrogens with one attached hydrogen (secondary N) is 1. The number of fused-ring (bicyclic) bond motifs is 3. The maximum Gasteiger partial charge on any atom is 0.195 e. The highest BCUT2D eigenvalue weighted by Gasteiger charge is 2.39. The van der Waals surface area contributed by atoms with Crippen LogP contribution in [0.25, 0.3) is 0 Å². The molecule has 0 radical (unpaired) electrons. The second kappa shape index (κ2) is 7.47. The highest BCUT2D eigenvalue weighted by molar-refractivity contribution is 9.10. The summed E-state index contributed by atoms with van der Waals surface area (Å²) in [7, 11) is 0. The SMILES string of the molecule is O=C(c1ccccc1)c1cc(Cl)cc2c1N[C@H](c1ccc(Br)cc1)[C@H]1CC=C[C@H]21. The molecule has 0 spiro atoms. The zero-order chi connectivity index (χ0) is 20.0. The van der Waals surface area contributed by atoms with Gasteiger partial charge < -0.3 is 5.32 Å². The maximum atomic E-state index is 13.3. The van der Waals surface area contributed by atoms with Crippen molar-refractivity contribution in [3.63, 3.8) is 0 Å². The summed E-state index contributed by atoms with van der Waals surface area (Å²) in [5.41, 5.74) is 4.56. The lowest BCUT2D eigenvalue weighted by molar-refractivity contribution is 0.103. The second-order valence-corrected chi connectivity index (χ2v) is 8.99. The van der Waals surface area contributed by atoms with Crippen LogP contribution in [0.3, 0.4) is 0 Å². The molecule has 1 aliphatic heterocycles. The first-order valence-electron chi connectivity index (χ1n) is 9.73. The van der Waals surface area contributed by atoms with E-state index in [1.54, 1.807) is 6.07 Å². The Morgan fingerprint density at radius 3 is 2.55 bits per heavy atom. The zero-order valence-corrected chi connectivity index (χ0v) is 18.0. The molecule has 0 bridgehead atoms. The Bertz CT molecular complexity index is 1110. The summed E-state index contributed by atoms with van der Waals surface area (Å²) in [5.74, 6) is 0.648. The molecule has 0 unspecified atom stereocenters. The molecule has 2 nitrogen and oxygen atoms in total. The summed E-state index contributed by atoms with van der Waals surface area (Å²) in [6.07, 6.45) is 5.52. The fraction of sp³-hybridized carbons (Fsp3) is 0.160. The standard InChI is InChI=1S/C25H19BrClNO/c26-17-11-9-15(10-12-17)23-20-8-4-7-19(20)21-13-18(27)14-22(24(21)28-23)25(29)16-5-2-1-3-6-16/h1-7,9-14,19-20,23,28H,8H2/t19-,20-,23+/m0/s1. The Morgan fingerprint density at radius 1 is 1.03 bits per heavy atom. The maximum absolute atomic E-state index is 13.3. The van der Waals surface area contributed by atoms with Crippen LogP contribution in [-0.2, 0) is 0 Å². The van der Waals surface area contributed by atoms with Gasteiger partial charge >= 0.3 is 0 Å². The number of carbonyl (C=O) groups excluding carboxylic acids is 1. The van der Waals surface area contributed by atoms with Gasteiger partial charge in [-0.3, -0.25) is 4.79 Å². The van der Waals surface area contributed by atoms with E-state index in [-0.39, 0.29) is 17.7 Å². The van der Waals surface area contributed by atoms with Gasteiger partial charge in [-0.1, -0.05) is 82.1 Å². The second-order valence-electron chi connectivity index (χ2n) is 7.64. The van der Waals surface area contributed by atoms with Crippen LogP contribution in [0.5, 0.6) is 0 Å². The normalized spacial score (nSPS) is 21.9. The minimum absolute atomic E-state index is 0.00756. The van der Waals surface area contributed by atoms with Gasteiger partial charge in [0.25, 0.3) is 0 Å². The molecule has 29 heavy (non-hydrogen) atoms. The van der Waals surface area contributed by atoms with Crippen molar-refractivity contribution < 1.29 is 4.79 Å². The van der Waals surface area contributed by atoms with E-state index >= 15 is 0 Å². The molecule has 0 saturated carbocycles. The van der Waals surface area contributed by atoms with E-state index in [4.69, 9.17) is 11.6 Å². The van der Waals surface area contributed by atoms with E-state index in [2.05, 4.69) is 57.7 Å². The molecule has 1 heterocycles. The lowest BCUT2D eigenvalue weighted by Crippen LogP contribution is -2.30. The highest BCUT2D eigenvalue weighted by atomic mass is 79.9. The number of carbonyl (C=O) groups is 1. The van der Waals surface area contributed by atoms with Gasteiger partial charge in [0, 0.05) is 32.2 Å². The Morgan fingerprint density at radius 2 is 1.79 bits per heavy atom. The topological polar surface area (TPSA) is 29.1 Å². The van der Waals surface area contributed by atoms with E-state index in [1.165, 1.54) is 5.56 Å². The number of allylic oxidation sites excluding steroid dienone is 2. The first-order chi connectivity index (χ1) is 14.1. The van der Waals surface area contributed by atoms with Crippen LogP contribution in [-0.4, -0.2) is 5.78 Å². The summed E-state index contributed by atoms with van der Waals surface area (Å²) in [4.78, 5) is 13.3. The molecule has 1 aliphatic carbocycles. The molecule has 0 amide bonds. The van der Waals surface area contributed by atoms with E-state index in [0.717, 1.165) is 22.1 Å². The van der Waals surface area contributed by atoms with Crippen LogP contribution < -0.4 is 5.32 Å². The minimum Gasteiger partial charge on any atom is -0.377 e. The Kier molecular flexibility index (Phi) is 4.81. The van der Waals surface area contributed by atoms with Gasteiger partial charge in [-0.05, 0) is 47.7 Å². The largest absolute Gasteiger partial charge is 0.377 e. The van der Waals surface area contributed by atoms with Gasteiger partial charge in [-0.25, -0.2) is 0 Å². The van der Waals surface area contributed by atoms with Gasteiger partial charge in [0.1, 0.15) is 0 Å². The van der Waals surface area contributed by atoms with Gasteiger partial charge in [0.15, 0.2) is 5.78 Å². The predicted octanol–water partition coefficient (Wildman–Crippen LogP) is 7.16. The lowest BCUT2D eigenvalue weighted by Gasteiger charge is -2.38. The van der Waals surface area contributed by atoms with Crippen molar-refractivity contribution in [3.05, 3.63) is 111 Å². The number of hydrogen-bond donors (Lipinski definition) is 1. The van der Waals surface area contributed by atoms with Gasteiger partial charge in [-0.15, -0.1) is 0 Å². The van der Waals surface area contributed by atoms with Crippen LogP contribution in [0.15, 0.2) is 83.4 Å². The molecule has 3 aromatic carbocycles. The quantitative estimate of drug-likeness (QED) is 0.329. The van der Waals surface area contributed by atoms with Crippen molar-refractivity contribution in [2.24, 2.45) is 5.92 Å². The van der Waals surface area contributed by atoms with E-state index in [0.29, 0.717) is 22.1 Å². The number of rotatable bonds is 3. The molecule has 4 heteroatoms. The Labute approximate surface area is 183 Å². The number of anilines is 1. The van der Waals surface area contributed by atoms with Crippen molar-refractivity contribution in [2.45, 2.75) is 18.4 Å². The van der Waals surface area contributed by atoms with Crippen molar-refractivity contribution in [1.82, 2.24) is 0 Å². The summed E-state index contributed by atoms with van der Waals surface area (Å²) in [5, 5.41) is 4.32. The fourth-order valence-corrected chi connectivity index (χ4v) is 5.08. The van der Waals surface area contributed by atoms with Crippen molar-refractivity contribution in [3.8, 4) is 0 Å². The van der Waals surface area contributed by atoms with Crippen LogP contribution in [0.1, 0.15) is 45.4 Å². The van der Waals surface area contributed by atoms with Crippen LogP contribution in [0.4, 0.5) is 5.69 Å². The predicted molar refractivity (Wildman–Crippen MR) is 122 cm³/mol. The molecule has 3 atom stereocenters. The molecule has 0 fully saturated rings. The average molecular weight is 465 g/mol. The summed E-state index contributed by atoms with van der Waals surface area (Å²) in [6.45, 7) is 0. The summed E-state index contributed by atoms with van der Waals surface area (Å²) >= 11 is 9.99. The first kappa shape index (κ1) is 18.7. The zero-order valence-electron chi connectivity index (χ0n) is 15.6. The lowest BCUT2D eigenvalue weighted by atomic mass is 9.76. The summed E-state index contributed by atoms with van der Waals surface area (Å²) in [6, 6.07) is 21.8. The number of benzene rings is 3. The number of hydrogen-bond acceptors (Lipinski definition) is 2. The molecular formula is C25H19BrClNO. The van der Waals surface area contributed by atoms with E-state index in [9.17, 15) is 4.79 Å². The van der Waals surface area contributed by atoms with E-state index < -0.39 is 0 Å². The molecule has 1 N–H and O–H groups in total. The monoisotopic (exact) mass is 463 g/mol. The van der Waals surface area contributed by atoms with Gasteiger partial charge in [0.05, 0.1) is 6.04 Å². The number of halogens is 2. The van der Waals surface area contributed by atoms with Crippen molar-refractivity contribution in [1.29, 1.82) is 0 Å². The molecule has 3 aromatic rings. The third-order valence-corrected chi connectivity index (χ3v) is 6.69. The van der Waals surface area contributed by atoms with E-state index in [1.807, 2.05) is 36.4 Å².